The zero-order valence-corrected chi connectivity index (χ0v) is 15.9. The Balaban J connectivity index is 1.61. The number of carbonyl (C=O) groups is 1. The van der Waals surface area contributed by atoms with E-state index in [4.69, 9.17) is 9.47 Å². The molecule has 5 nitrogen and oxygen atoms in total. The number of rotatable bonds is 6. The number of benzene rings is 2. The molecule has 1 aliphatic rings. The number of piperidine rings is 1. The molecule has 1 aliphatic heterocycles. The Morgan fingerprint density at radius 1 is 1.00 bits per heavy atom. The Hall–Kier alpha value is -2.95. The fourth-order valence-corrected chi connectivity index (χ4v) is 3.21. The molecule has 2 aromatic rings. The lowest BCUT2D eigenvalue weighted by molar-refractivity contribution is -0.111. The summed E-state index contributed by atoms with van der Waals surface area (Å²) < 4.78 is 10.5. The number of methoxy groups -OCH3 is 2. The molecule has 1 amide bonds. The van der Waals surface area contributed by atoms with E-state index in [1.165, 1.54) is 31.0 Å². The third-order valence-electron chi connectivity index (χ3n) is 4.71. The highest BCUT2D eigenvalue weighted by Crippen LogP contribution is 2.26. The molecule has 0 atom stereocenters. The minimum Gasteiger partial charge on any atom is -0.497 e. The van der Waals surface area contributed by atoms with Crippen LogP contribution in [0.3, 0.4) is 0 Å². The van der Waals surface area contributed by atoms with Crippen LogP contribution < -0.4 is 19.7 Å². The molecule has 5 heteroatoms. The smallest absolute Gasteiger partial charge is 0.248 e. The van der Waals surface area contributed by atoms with Crippen LogP contribution in [0.5, 0.6) is 11.5 Å². The minimum atomic E-state index is -0.182. The lowest BCUT2D eigenvalue weighted by Gasteiger charge is -2.28. The van der Waals surface area contributed by atoms with Gasteiger partial charge >= 0.3 is 0 Å². The van der Waals surface area contributed by atoms with Gasteiger partial charge in [0.2, 0.25) is 5.91 Å². The Morgan fingerprint density at radius 3 is 2.41 bits per heavy atom. The van der Waals surface area contributed by atoms with E-state index < -0.39 is 0 Å². The van der Waals surface area contributed by atoms with Gasteiger partial charge in [-0.3, -0.25) is 4.79 Å². The van der Waals surface area contributed by atoms with Crippen LogP contribution >= 0.6 is 0 Å². The number of carbonyl (C=O) groups excluding carboxylic acids is 1. The van der Waals surface area contributed by atoms with Gasteiger partial charge < -0.3 is 19.7 Å². The molecule has 0 bridgehead atoms. The van der Waals surface area contributed by atoms with Gasteiger partial charge in [0.05, 0.1) is 14.2 Å². The van der Waals surface area contributed by atoms with E-state index >= 15 is 0 Å². The maximum absolute atomic E-state index is 12.2. The molecule has 0 radical (unpaired) electrons. The molecule has 0 aromatic heterocycles. The van der Waals surface area contributed by atoms with Gasteiger partial charge in [0.1, 0.15) is 11.5 Å². The Morgan fingerprint density at radius 2 is 1.74 bits per heavy atom. The van der Waals surface area contributed by atoms with Gasteiger partial charge in [-0.05, 0) is 61.7 Å². The maximum atomic E-state index is 12.2. The Labute approximate surface area is 160 Å². The summed E-state index contributed by atoms with van der Waals surface area (Å²) in [5, 5.41) is 2.89. The molecule has 2 aromatic carbocycles. The molecule has 0 spiro atoms. The summed E-state index contributed by atoms with van der Waals surface area (Å²) in [6.45, 7) is 2.22. The van der Waals surface area contributed by atoms with Crippen LogP contribution in [0.1, 0.15) is 24.8 Å². The predicted molar refractivity (Wildman–Crippen MR) is 110 cm³/mol. The summed E-state index contributed by atoms with van der Waals surface area (Å²) in [5.41, 5.74) is 2.81. The van der Waals surface area contributed by atoms with Gasteiger partial charge in [-0.15, -0.1) is 0 Å². The number of ether oxygens (including phenoxy) is 2. The highest BCUT2D eigenvalue weighted by Gasteiger charge is 2.10. The minimum absolute atomic E-state index is 0.182. The van der Waals surface area contributed by atoms with Crippen LogP contribution in [0.25, 0.3) is 6.08 Å². The summed E-state index contributed by atoms with van der Waals surface area (Å²) >= 11 is 0. The van der Waals surface area contributed by atoms with Gasteiger partial charge in [-0.25, -0.2) is 0 Å². The molecule has 142 valence electrons. The van der Waals surface area contributed by atoms with Crippen LogP contribution in [-0.2, 0) is 4.79 Å². The first-order valence-electron chi connectivity index (χ1n) is 9.26. The van der Waals surface area contributed by atoms with E-state index in [1.54, 1.807) is 26.4 Å². The number of amides is 1. The van der Waals surface area contributed by atoms with Crippen molar-refractivity contribution in [1.82, 2.24) is 0 Å². The Kier molecular flexibility index (Phi) is 6.36. The Bertz CT molecular complexity index is 794. The number of anilines is 2. The number of hydrogen-bond acceptors (Lipinski definition) is 4. The molecule has 27 heavy (non-hydrogen) atoms. The van der Waals surface area contributed by atoms with Crippen molar-refractivity contribution in [2.75, 3.05) is 37.5 Å². The van der Waals surface area contributed by atoms with E-state index in [2.05, 4.69) is 22.3 Å². The molecule has 0 unspecified atom stereocenters. The number of hydrogen-bond donors (Lipinski definition) is 1. The van der Waals surface area contributed by atoms with Crippen molar-refractivity contribution < 1.29 is 14.3 Å². The molecule has 1 heterocycles. The fourth-order valence-electron chi connectivity index (χ4n) is 3.21. The van der Waals surface area contributed by atoms with Crippen molar-refractivity contribution >= 4 is 23.4 Å². The summed E-state index contributed by atoms with van der Waals surface area (Å²) in [6.07, 6.45) is 7.05. The molecule has 0 saturated carbocycles. The molecule has 3 rings (SSSR count). The van der Waals surface area contributed by atoms with E-state index in [9.17, 15) is 4.79 Å². The second-order valence-corrected chi connectivity index (χ2v) is 6.53. The van der Waals surface area contributed by atoms with Crippen molar-refractivity contribution in [3.05, 3.63) is 54.1 Å². The standard InChI is InChI=1S/C22H26N2O3/c1-26-20-12-6-17(21(16-20)27-2)7-13-22(25)23-18-8-10-19(11-9-18)24-14-4-3-5-15-24/h6-13,16H,3-5,14-15H2,1-2H3,(H,23,25). The number of nitrogens with zero attached hydrogens (tertiary/aromatic N) is 1. The van der Waals surface area contributed by atoms with Gasteiger partial charge in [-0.2, -0.15) is 0 Å². The van der Waals surface area contributed by atoms with Crippen molar-refractivity contribution in [1.29, 1.82) is 0 Å². The van der Waals surface area contributed by atoms with E-state index in [0.717, 1.165) is 24.3 Å². The molecule has 1 saturated heterocycles. The molecular formula is C22H26N2O3. The second kappa shape index (κ2) is 9.12. The predicted octanol–water partition coefficient (Wildman–Crippen LogP) is 4.35. The van der Waals surface area contributed by atoms with E-state index in [1.807, 2.05) is 24.3 Å². The number of nitrogens with one attached hydrogen (secondary N) is 1. The second-order valence-electron chi connectivity index (χ2n) is 6.53. The van der Waals surface area contributed by atoms with Crippen molar-refractivity contribution in [2.45, 2.75) is 19.3 Å². The zero-order valence-electron chi connectivity index (χ0n) is 15.9. The van der Waals surface area contributed by atoms with Gasteiger partial charge in [-0.1, -0.05) is 0 Å². The van der Waals surface area contributed by atoms with Crippen molar-refractivity contribution in [3.63, 3.8) is 0 Å². The van der Waals surface area contributed by atoms with Crippen LogP contribution in [0.2, 0.25) is 0 Å². The average molecular weight is 366 g/mol. The van der Waals surface area contributed by atoms with Crippen LogP contribution in [0, 0.1) is 0 Å². The highest BCUT2D eigenvalue weighted by atomic mass is 16.5. The van der Waals surface area contributed by atoms with E-state index in [-0.39, 0.29) is 5.91 Å². The summed E-state index contributed by atoms with van der Waals surface area (Å²) in [6, 6.07) is 13.5. The van der Waals surface area contributed by atoms with Crippen LogP contribution in [0.4, 0.5) is 11.4 Å². The molecule has 1 fully saturated rings. The normalized spacial score (nSPS) is 14.2. The SMILES string of the molecule is COc1ccc(C=CC(=O)Nc2ccc(N3CCCCC3)cc2)c(OC)c1. The zero-order chi connectivity index (χ0) is 19.1. The largest absolute Gasteiger partial charge is 0.497 e. The molecular weight excluding hydrogens is 340 g/mol. The first-order chi connectivity index (χ1) is 13.2. The van der Waals surface area contributed by atoms with Gasteiger partial charge in [0.15, 0.2) is 0 Å². The monoisotopic (exact) mass is 366 g/mol. The van der Waals surface area contributed by atoms with E-state index in [0.29, 0.717) is 11.5 Å². The average Bonchev–Trinajstić information content (AvgIpc) is 2.73. The lowest BCUT2D eigenvalue weighted by atomic mass is 10.1. The lowest BCUT2D eigenvalue weighted by Crippen LogP contribution is -2.29. The van der Waals surface area contributed by atoms with Gasteiger partial charge in [0.25, 0.3) is 0 Å². The summed E-state index contributed by atoms with van der Waals surface area (Å²) in [7, 11) is 3.20. The maximum Gasteiger partial charge on any atom is 0.248 e. The fraction of sp³-hybridized carbons (Fsp3) is 0.318. The summed E-state index contributed by atoms with van der Waals surface area (Å²) in [4.78, 5) is 14.6. The van der Waals surface area contributed by atoms with Crippen LogP contribution in [0.15, 0.2) is 48.5 Å². The van der Waals surface area contributed by atoms with Gasteiger partial charge in [0, 0.05) is 42.2 Å². The topological polar surface area (TPSA) is 50.8 Å². The first kappa shape index (κ1) is 18.8. The van der Waals surface area contributed by atoms with Crippen molar-refractivity contribution in [2.24, 2.45) is 0 Å². The van der Waals surface area contributed by atoms with Crippen molar-refractivity contribution in [3.8, 4) is 11.5 Å². The quantitative estimate of drug-likeness (QED) is 0.773. The third kappa shape index (κ3) is 5.03. The molecule has 1 N–H and O–H groups in total. The first-order valence-corrected chi connectivity index (χ1v) is 9.26. The third-order valence-corrected chi connectivity index (χ3v) is 4.71. The molecule has 0 aliphatic carbocycles. The summed E-state index contributed by atoms with van der Waals surface area (Å²) in [5.74, 6) is 1.19. The highest BCUT2D eigenvalue weighted by molar-refractivity contribution is 6.02. The van der Waals surface area contributed by atoms with Crippen LogP contribution in [-0.4, -0.2) is 33.2 Å².